The van der Waals surface area contributed by atoms with Crippen molar-refractivity contribution < 1.29 is 19.7 Å². The van der Waals surface area contributed by atoms with Gasteiger partial charge >= 0.3 is 0 Å². The molecule has 1 aromatic heterocycles. The summed E-state index contributed by atoms with van der Waals surface area (Å²) in [6.45, 7) is 0. The van der Waals surface area contributed by atoms with Crippen LogP contribution in [0, 0.1) is 0 Å². The number of fused-ring (bicyclic) bond motifs is 1. The maximum atomic E-state index is 12.4. The minimum Gasteiger partial charge on any atom is -0.508 e. The van der Waals surface area contributed by atoms with Crippen LogP contribution in [0.1, 0.15) is 0 Å². The molecule has 0 aliphatic rings. The summed E-state index contributed by atoms with van der Waals surface area (Å²) in [6.07, 6.45) is 1.26. The van der Waals surface area contributed by atoms with Gasteiger partial charge in [0.15, 0.2) is 0 Å². The highest BCUT2D eigenvalue weighted by Gasteiger charge is 2.13. The van der Waals surface area contributed by atoms with Crippen LogP contribution in [0.15, 0.2) is 51.9 Å². The highest BCUT2D eigenvalue weighted by atomic mass is 35.5. The van der Waals surface area contributed by atoms with Crippen LogP contribution in [0.3, 0.4) is 0 Å². The molecule has 21 heavy (non-hydrogen) atoms. The number of hydrogen-bond donors (Lipinski definition) is 3. The number of benzene rings is 2. The first-order valence-electron chi connectivity index (χ1n) is 5.83. The Hall–Kier alpha value is -2.66. The highest BCUT2D eigenvalue weighted by Crippen LogP contribution is 2.29. The van der Waals surface area contributed by atoms with Crippen LogP contribution in [0.4, 0.5) is 0 Å². The van der Waals surface area contributed by atoms with Gasteiger partial charge in [0.05, 0.1) is 5.56 Å². The standard InChI is InChI=1S/C15H10O5.ClH/c16-9-3-1-8(2-4-9)11-7-20-13-6-10(17)5-12(18)14(13)15(11)19;/h1-7,16-18H;1H. The third kappa shape index (κ3) is 2.51. The third-order valence-electron chi connectivity index (χ3n) is 3.02. The Kier molecular flexibility index (Phi) is 3.78. The lowest BCUT2D eigenvalue weighted by Gasteiger charge is -2.05. The minimum absolute atomic E-state index is 0. The smallest absolute Gasteiger partial charge is 0.204 e. The second-order valence-electron chi connectivity index (χ2n) is 4.36. The van der Waals surface area contributed by atoms with Gasteiger partial charge in [0.2, 0.25) is 5.43 Å². The first kappa shape index (κ1) is 14.7. The molecule has 5 nitrogen and oxygen atoms in total. The normalized spacial score (nSPS) is 10.3. The zero-order valence-electron chi connectivity index (χ0n) is 10.6. The van der Waals surface area contributed by atoms with E-state index in [-0.39, 0.29) is 46.2 Å². The van der Waals surface area contributed by atoms with Gasteiger partial charge in [-0.3, -0.25) is 4.79 Å². The van der Waals surface area contributed by atoms with E-state index in [0.29, 0.717) is 5.56 Å². The quantitative estimate of drug-likeness (QED) is 0.643. The lowest BCUT2D eigenvalue weighted by molar-refractivity contribution is 0.452. The summed E-state index contributed by atoms with van der Waals surface area (Å²) >= 11 is 0. The molecule has 0 bridgehead atoms. The molecule has 3 N–H and O–H groups in total. The summed E-state index contributed by atoms with van der Waals surface area (Å²) in [5, 5.41) is 28.4. The van der Waals surface area contributed by atoms with Crippen LogP contribution >= 0.6 is 12.4 Å². The second kappa shape index (κ2) is 5.38. The summed E-state index contributed by atoms with van der Waals surface area (Å²) in [5.74, 6) is -0.434. The molecular formula is C15H11ClO5. The zero-order chi connectivity index (χ0) is 14.3. The zero-order valence-corrected chi connectivity index (χ0v) is 11.4. The van der Waals surface area contributed by atoms with Crippen LogP contribution in [0.5, 0.6) is 17.2 Å². The molecule has 0 unspecified atom stereocenters. The second-order valence-corrected chi connectivity index (χ2v) is 4.36. The largest absolute Gasteiger partial charge is 0.508 e. The fraction of sp³-hybridized carbons (Fsp3) is 0. The number of phenolic OH excluding ortho intramolecular Hbond substituents is 3. The molecule has 2 aromatic carbocycles. The van der Waals surface area contributed by atoms with Gasteiger partial charge in [-0.25, -0.2) is 0 Å². The van der Waals surface area contributed by atoms with E-state index in [1.165, 1.54) is 24.5 Å². The molecule has 0 aliphatic heterocycles. The van der Waals surface area contributed by atoms with Crippen molar-refractivity contribution in [3.63, 3.8) is 0 Å². The summed E-state index contributed by atoms with van der Waals surface area (Å²) in [6, 6.07) is 8.40. The highest BCUT2D eigenvalue weighted by molar-refractivity contribution is 5.88. The van der Waals surface area contributed by atoms with Crippen LogP contribution in [-0.2, 0) is 0 Å². The van der Waals surface area contributed by atoms with Gasteiger partial charge in [-0.1, -0.05) is 12.1 Å². The predicted molar refractivity (Wildman–Crippen MR) is 80.2 cm³/mol. The molecule has 1 heterocycles. The fourth-order valence-electron chi connectivity index (χ4n) is 2.06. The van der Waals surface area contributed by atoms with Gasteiger partial charge in [-0.15, -0.1) is 12.4 Å². The average molecular weight is 307 g/mol. The fourth-order valence-corrected chi connectivity index (χ4v) is 2.06. The topological polar surface area (TPSA) is 90.9 Å². The Bertz CT molecular complexity index is 852. The van der Waals surface area contributed by atoms with E-state index in [1.807, 2.05) is 0 Å². The van der Waals surface area contributed by atoms with Crippen molar-refractivity contribution in [3.8, 4) is 28.4 Å². The predicted octanol–water partition coefficient (Wildman–Crippen LogP) is 3.00. The molecular weight excluding hydrogens is 296 g/mol. The summed E-state index contributed by atoms with van der Waals surface area (Å²) in [7, 11) is 0. The first-order valence-corrected chi connectivity index (χ1v) is 5.83. The van der Waals surface area contributed by atoms with Crippen molar-refractivity contribution in [2.24, 2.45) is 0 Å². The Morgan fingerprint density at radius 3 is 2.24 bits per heavy atom. The Morgan fingerprint density at radius 2 is 1.57 bits per heavy atom. The van der Waals surface area contributed by atoms with Crippen LogP contribution in [0.25, 0.3) is 22.1 Å². The molecule has 0 atom stereocenters. The van der Waals surface area contributed by atoms with Crippen LogP contribution in [0.2, 0.25) is 0 Å². The summed E-state index contributed by atoms with van der Waals surface area (Å²) in [5.41, 5.74) is 0.522. The first-order chi connectivity index (χ1) is 9.56. The van der Waals surface area contributed by atoms with E-state index in [1.54, 1.807) is 12.1 Å². The average Bonchev–Trinajstić information content (AvgIpc) is 2.39. The van der Waals surface area contributed by atoms with Crippen molar-refractivity contribution in [3.05, 3.63) is 52.9 Å². The number of rotatable bonds is 1. The lowest BCUT2D eigenvalue weighted by Crippen LogP contribution is -2.04. The molecule has 0 radical (unpaired) electrons. The number of phenols is 3. The third-order valence-corrected chi connectivity index (χ3v) is 3.02. The maximum Gasteiger partial charge on any atom is 0.204 e. The molecule has 0 saturated heterocycles. The van der Waals surface area contributed by atoms with Crippen LogP contribution < -0.4 is 5.43 Å². The van der Waals surface area contributed by atoms with Gasteiger partial charge in [-0.2, -0.15) is 0 Å². The van der Waals surface area contributed by atoms with Gasteiger partial charge in [0, 0.05) is 12.1 Å². The Labute approximate surface area is 125 Å². The molecule has 6 heteroatoms. The van der Waals surface area contributed by atoms with Gasteiger partial charge in [-0.05, 0) is 17.7 Å². The SMILES string of the molecule is Cl.O=c1c(-c2ccc(O)cc2)coc2cc(O)cc(O)c12. The van der Waals surface area contributed by atoms with Crippen LogP contribution in [-0.4, -0.2) is 15.3 Å². The lowest BCUT2D eigenvalue weighted by atomic mass is 10.0. The Balaban J connectivity index is 0.00000161. The maximum absolute atomic E-state index is 12.4. The van der Waals surface area contributed by atoms with E-state index in [4.69, 9.17) is 4.42 Å². The number of aromatic hydroxyl groups is 3. The van der Waals surface area contributed by atoms with Crippen molar-refractivity contribution in [1.29, 1.82) is 0 Å². The van der Waals surface area contributed by atoms with Crippen molar-refractivity contribution in [2.45, 2.75) is 0 Å². The molecule has 0 amide bonds. The van der Waals surface area contributed by atoms with E-state index in [0.717, 1.165) is 6.07 Å². The molecule has 0 spiro atoms. The Morgan fingerprint density at radius 1 is 0.905 bits per heavy atom. The molecule has 3 aromatic rings. The van der Waals surface area contributed by atoms with Crippen molar-refractivity contribution in [1.82, 2.24) is 0 Å². The number of hydrogen-bond acceptors (Lipinski definition) is 5. The van der Waals surface area contributed by atoms with Gasteiger partial charge in [0.25, 0.3) is 0 Å². The van der Waals surface area contributed by atoms with E-state index in [9.17, 15) is 20.1 Å². The molecule has 0 fully saturated rings. The van der Waals surface area contributed by atoms with E-state index in [2.05, 4.69) is 0 Å². The summed E-state index contributed by atoms with van der Waals surface area (Å²) in [4.78, 5) is 12.4. The van der Waals surface area contributed by atoms with Crippen molar-refractivity contribution >= 4 is 23.4 Å². The van der Waals surface area contributed by atoms with Gasteiger partial charge in [0.1, 0.15) is 34.5 Å². The molecule has 0 aliphatic carbocycles. The van der Waals surface area contributed by atoms with E-state index < -0.39 is 5.43 Å². The van der Waals surface area contributed by atoms with Gasteiger partial charge < -0.3 is 19.7 Å². The summed E-state index contributed by atoms with van der Waals surface area (Å²) < 4.78 is 5.29. The number of halogens is 1. The molecule has 108 valence electrons. The van der Waals surface area contributed by atoms with Crippen molar-refractivity contribution in [2.75, 3.05) is 0 Å². The van der Waals surface area contributed by atoms with E-state index >= 15 is 0 Å². The molecule has 3 rings (SSSR count). The minimum atomic E-state index is -0.408. The monoisotopic (exact) mass is 306 g/mol. The molecule has 0 saturated carbocycles.